The highest BCUT2D eigenvalue weighted by Crippen LogP contribution is 2.34. The number of likely N-dealkylation sites (tertiary alicyclic amines) is 1. The van der Waals surface area contributed by atoms with E-state index in [1.165, 1.54) is 11.3 Å². The van der Waals surface area contributed by atoms with Crippen LogP contribution < -0.4 is 0 Å². The number of ketones is 1. The molecule has 0 bridgehead atoms. The van der Waals surface area contributed by atoms with E-state index in [1.807, 2.05) is 71.9 Å². The number of aryl methyl sites for hydroxylation is 2. The zero-order valence-electron chi connectivity index (χ0n) is 25.8. The van der Waals surface area contributed by atoms with Crippen LogP contribution in [-0.4, -0.2) is 67.8 Å². The number of nitrogens with zero attached hydrogens (tertiary/aromatic N) is 3. The molecule has 3 heterocycles. The van der Waals surface area contributed by atoms with E-state index in [0.717, 1.165) is 21.7 Å². The predicted octanol–water partition coefficient (Wildman–Crippen LogP) is 5.79. The summed E-state index contributed by atoms with van der Waals surface area (Å²) < 4.78 is 6.27. The molecule has 0 radical (unpaired) electrons. The zero-order chi connectivity index (χ0) is 31.1. The van der Waals surface area contributed by atoms with Gasteiger partial charge in [0.1, 0.15) is 11.8 Å². The van der Waals surface area contributed by atoms with Gasteiger partial charge in [0.2, 0.25) is 5.91 Å². The maximum absolute atomic E-state index is 14.3. The van der Waals surface area contributed by atoms with E-state index in [9.17, 15) is 19.5 Å². The summed E-state index contributed by atoms with van der Waals surface area (Å²) >= 11 is 1.52. The van der Waals surface area contributed by atoms with Crippen molar-refractivity contribution < 1.29 is 24.2 Å². The average molecular weight is 604 g/mol. The number of Topliss-reactive ketones (excluding diaryl/α,β-unsaturated/α-hetero) is 1. The summed E-state index contributed by atoms with van der Waals surface area (Å²) in [4.78, 5) is 50.0. The number of hydrogen-bond donors (Lipinski definition) is 1. The second kappa shape index (κ2) is 12.2. The minimum atomic E-state index is -0.699. The Labute approximate surface area is 257 Å². The Morgan fingerprint density at radius 2 is 1.91 bits per heavy atom. The molecule has 43 heavy (non-hydrogen) atoms. The Hall–Kier alpha value is -3.56. The fraction of sp³-hybridized carbons (Fsp3) is 0.471. The van der Waals surface area contributed by atoms with Crippen molar-refractivity contribution in [2.24, 2.45) is 5.92 Å². The van der Waals surface area contributed by atoms with E-state index in [2.05, 4.69) is 4.98 Å². The lowest BCUT2D eigenvalue weighted by Crippen LogP contribution is -2.54. The molecule has 3 aromatic rings. The third kappa shape index (κ3) is 6.53. The molecule has 2 amide bonds. The molecule has 0 unspecified atom stereocenters. The number of carbonyl (C=O) groups is 3. The smallest absolute Gasteiger partial charge is 0.255 e. The molecular weight excluding hydrogens is 562 g/mol. The molecule has 8 nitrogen and oxygen atoms in total. The summed E-state index contributed by atoms with van der Waals surface area (Å²) in [6, 6.07) is 11.6. The molecule has 0 spiro atoms. The normalized spacial score (nSPS) is 19.3. The number of carbonyl (C=O) groups excluding carboxylic acids is 3. The lowest BCUT2D eigenvalue weighted by molar-refractivity contribution is -0.143. The van der Waals surface area contributed by atoms with Crippen LogP contribution in [0.15, 0.2) is 48.0 Å². The second-order valence-electron chi connectivity index (χ2n) is 13.0. The van der Waals surface area contributed by atoms with Gasteiger partial charge in [0.15, 0.2) is 5.78 Å². The standard InChI is InChI=1S/C34H41N3O5S/c1-20(2)30(37-17-24-9-7-8-10-26(24)32(37)40)33(41)36-18-25(42-34(4,5)6)16-27(36)28(38)14-13-22-11-12-23(15-29(22)39)31-21(3)35-19-43-31/h7-12,15,19-20,25,27,30,39H,13-14,16-18H2,1-6H3/t25-,27+,30+/m1/s1. The van der Waals surface area contributed by atoms with Crippen molar-refractivity contribution in [3.05, 3.63) is 70.4 Å². The number of phenols is 1. The predicted molar refractivity (Wildman–Crippen MR) is 167 cm³/mol. The van der Waals surface area contributed by atoms with Crippen LogP contribution in [0, 0.1) is 12.8 Å². The third-order valence-electron chi connectivity index (χ3n) is 8.24. The fourth-order valence-corrected chi connectivity index (χ4v) is 7.10. The van der Waals surface area contributed by atoms with Gasteiger partial charge in [0.05, 0.1) is 33.8 Å². The molecule has 3 atom stereocenters. The van der Waals surface area contributed by atoms with Crippen molar-refractivity contribution in [3.8, 4) is 16.2 Å². The molecule has 1 saturated heterocycles. The van der Waals surface area contributed by atoms with Gasteiger partial charge in [0.25, 0.3) is 5.91 Å². The molecule has 5 rings (SSSR count). The highest BCUT2D eigenvalue weighted by atomic mass is 32.1. The van der Waals surface area contributed by atoms with E-state index < -0.39 is 17.7 Å². The number of ether oxygens (including phenoxy) is 1. The number of benzene rings is 2. The summed E-state index contributed by atoms with van der Waals surface area (Å²) in [6.07, 6.45) is 0.622. The number of aromatic hydroxyl groups is 1. The van der Waals surface area contributed by atoms with Gasteiger partial charge in [-0.1, -0.05) is 44.2 Å². The van der Waals surface area contributed by atoms with Crippen LogP contribution in [0.4, 0.5) is 0 Å². The summed E-state index contributed by atoms with van der Waals surface area (Å²) in [5.74, 6) is -0.463. The van der Waals surface area contributed by atoms with Crippen LogP contribution >= 0.6 is 11.3 Å². The topological polar surface area (TPSA) is 100 Å². The van der Waals surface area contributed by atoms with E-state index in [4.69, 9.17) is 4.74 Å². The number of phenolic OH excluding ortho intramolecular Hbond substituents is 1. The van der Waals surface area contributed by atoms with Gasteiger partial charge in [-0.2, -0.15) is 0 Å². The average Bonchev–Trinajstić information content (AvgIpc) is 3.64. The lowest BCUT2D eigenvalue weighted by Gasteiger charge is -2.35. The molecule has 0 saturated carbocycles. The number of fused-ring (bicyclic) bond motifs is 1. The van der Waals surface area contributed by atoms with Gasteiger partial charge < -0.3 is 19.6 Å². The van der Waals surface area contributed by atoms with Crippen LogP contribution in [-0.2, 0) is 27.3 Å². The first-order chi connectivity index (χ1) is 20.3. The maximum atomic E-state index is 14.3. The SMILES string of the molecule is Cc1ncsc1-c1ccc(CCC(=O)[C@@H]2C[C@@H](OC(C)(C)C)CN2C(=O)[C@H](C(C)C)N2Cc3ccccc3C2=O)c(O)c1. The van der Waals surface area contributed by atoms with Crippen molar-refractivity contribution in [2.75, 3.05) is 6.54 Å². The van der Waals surface area contributed by atoms with Crippen molar-refractivity contribution in [3.63, 3.8) is 0 Å². The molecule has 1 fully saturated rings. The lowest BCUT2D eigenvalue weighted by atomic mass is 9.97. The number of rotatable bonds is 9. The van der Waals surface area contributed by atoms with Gasteiger partial charge in [-0.3, -0.25) is 14.4 Å². The maximum Gasteiger partial charge on any atom is 0.255 e. The minimum Gasteiger partial charge on any atom is -0.508 e. The first-order valence-corrected chi connectivity index (χ1v) is 15.8. The fourth-order valence-electron chi connectivity index (χ4n) is 6.30. The zero-order valence-corrected chi connectivity index (χ0v) is 26.6. The molecule has 2 aliphatic rings. The van der Waals surface area contributed by atoms with Gasteiger partial charge in [-0.25, -0.2) is 4.98 Å². The van der Waals surface area contributed by atoms with Crippen LogP contribution in [0.25, 0.3) is 10.4 Å². The quantitative estimate of drug-likeness (QED) is 0.332. The monoisotopic (exact) mass is 603 g/mol. The number of aromatic nitrogens is 1. The second-order valence-corrected chi connectivity index (χ2v) is 13.8. The summed E-state index contributed by atoms with van der Waals surface area (Å²) in [5.41, 5.74) is 5.35. The van der Waals surface area contributed by atoms with E-state index >= 15 is 0 Å². The molecule has 9 heteroatoms. The van der Waals surface area contributed by atoms with Crippen LogP contribution in [0.5, 0.6) is 5.75 Å². The van der Waals surface area contributed by atoms with Crippen LogP contribution in [0.1, 0.15) is 74.6 Å². The van der Waals surface area contributed by atoms with Crippen molar-refractivity contribution in [1.82, 2.24) is 14.8 Å². The first-order valence-electron chi connectivity index (χ1n) is 15.0. The molecule has 2 aromatic carbocycles. The Morgan fingerprint density at radius 1 is 1.16 bits per heavy atom. The van der Waals surface area contributed by atoms with Crippen LogP contribution in [0.2, 0.25) is 0 Å². The summed E-state index contributed by atoms with van der Waals surface area (Å²) in [7, 11) is 0. The van der Waals surface area contributed by atoms with Crippen molar-refractivity contribution in [2.45, 2.75) is 91.1 Å². The van der Waals surface area contributed by atoms with Gasteiger partial charge in [-0.05, 0) is 68.9 Å². The van der Waals surface area contributed by atoms with Crippen molar-refractivity contribution in [1.29, 1.82) is 0 Å². The summed E-state index contributed by atoms with van der Waals surface area (Å²) in [5, 5.41) is 10.8. The van der Waals surface area contributed by atoms with E-state index in [-0.39, 0.29) is 41.8 Å². The largest absolute Gasteiger partial charge is 0.508 e. The van der Waals surface area contributed by atoms with Gasteiger partial charge in [0, 0.05) is 31.5 Å². The highest BCUT2D eigenvalue weighted by molar-refractivity contribution is 7.13. The molecule has 2 aliphatic heterocycles. The Kier molecular flexibility index (Phi) is 8.77. The highest BCUT2D eigenvalue weighted by Gasteiger charge is 2.46. The number of hydrogen-bond acceptors (Lipinski definition) is 7. The third-order valence-corrected chi connectivity index (χ3v) is 9.22. The molecule has 1 N–H and O–H groups in total. The molecule has 0 aliphatic carbocycles. The van der Waals surface area contributed by atoms with E-state index in [1.54, 1.807) is 27.4 Å². The molecule has 228 valence electrons. The van der Waals surface area contributed by atoms with Gasteiger partial charge in [-0.15, -0.1) is 11.3 Å². The summed E-state index contributed by atoms with van der Waals surface area (Å²) in [6.45, 7) is 12.4. The number of thiazole rings is 1. The van der Waals surface area contributed by atoms with Gasteiger partial charge >= 0.3 is 0 Å². The van der Waals surface area contributed by atoms with E-state index in [0.29, 0.717) is 37.1 Å². The Morgan fingerprint density at radius 3 is 2.53 bits per heavy atom. The Balaban J connectivity index is 1.35. The van der Waals surface area contributed by atoms with Crippen LogP contribution in [0.3, 0.4) is 0 Å². The molecule has 1 aromatic heterocycles. The Bertz CT molecular complexity index is 1520. The molecular formula is C34H41N3O5S. The number of amides is 2. The minimum absolute atomic E-state index is 0.0753. The first kappa shape index (κ1) is 30.9. The van der Waals surface area contributed by atoms with Crippen molar-refractivity contribution >= 4 is 28.9 Å².